The molecule has 0 spiro atoms. The summed E-state index contributed by atoms with van der Waals surface area (Å²) < 4.78 is 5.29. The Labute approximate surface area is 158 Å². The number of hydrogen-bond acceptors (Lipinski definition) is 4. The molecule has 0 saturated heterocycles. The molecule has 7 heteroatoms. The van der Waals surface area contributed by atoms with Crippen molar-refractivity contribution in [3.63, 3.8) is 0 Å². The van der Waals surface area contributed by atoms with Gasteiger partial charge in [0.1, 0.15) is 5.75 Å². The van der Waals surface area contributed by atoms with Gasteiger partial charge < -0.3 is 20.3 Å². The van der Waals surface area contributed by atoms with Crippen LogP contribution < -0.4 is 20.3 Å². The molecule has 0 atom stereocenters. The van der Waals surface area contributed by atoms with Crippen LogP contribution >= 0.6 is 0 Å². The van der Waals surface area contributed by atoms with Gasteiger partial charge in [0.2, 0.25) is 17.7 Å². The fourth-order valence-corrected chi connectivity index (χ4v) is 2.58. The van der Waals surface area contributed by atoms with Gasteiger partial charge >= 0.3 is 0 Å². The molecule has 2 aromatic rings. The van der Waals surface area contributed by atoms with Crippen LogP contribution in [0.3, 0.4) is 0 Å². The van der Waals surface area contributed by atoms with Gasteiger partial charge in [0.05, 0.1) is 12.8 Å². The Morgan fingerprint density at radius 3 is 2.07 bits per heavy atom. The number of anilines is 3. The van der Waals surface area contributed by atoms with Crippen LogP contribution in [-0.2, 0) is 14.4 Å². The normalized spacial score (nSPS) is 10.0. The molecule has 3 amide bonds. The maximum atomic E-state index is 12.2. The van der Waals surface area contributed by atoms with E-state index in [1.165, 1.54) is 25.9 Å². The van der Waals surface area contributed by atoms with Gasteiger partial charge in [-0.15, -0.1) is 0 Å². The number of nitrogens with one attached hydrogen (secondary N) is 2. The molecule has 2 N–H and O–H groups in total. The van der Waals surface area contributed by atoms with Crippen molar-refractivity contribution in [2.75, 3.05) is 29.2 Å². The molecule has 0 aliphatic heterocycles. The molecule has 0 aliphatic carbocycles. The summed E-state index contributed by atoms with van der Waals surface area (Å²) in [4.78, 5) is 36.8. The second-order valence-corrected chi connectivity index (χ2v) is 5.90. The van der Waals surface area contributed by atoms with Crippen molar-refractivity contribution in [3.8, 4) is 5.75 Å². The van der Waals surface area contributed by atoms with Crippen LogP contribution in [0.2, 0.25) is 0 Å². The lowest BCUT2D eigenvalue weighted by Gasteiger charge is -2.23. The lowest BCUT2D eigenvalue weighted by molar-refractivity contribution is -0.117. The zero-order chi connectivity index (χ0) is 19.8. The molecule has 2 rings (SSSR count). The third-order valence-corrected chi connectivity index (χ3v) is 3.81. The topological polar surface area (TPSA) is 87.7 Å². The van der Waals surface area contributed by atoms with Crippen molar-refractivity contribution in [2.24, 2.45) is 0 Å². The highest BCUT2D eigenvalue weighted by Crippen LogP contribution is 2.28. The van der Waals surface area contributed by atoms with Crippen LogP contribution in [-0.4, -0.2) is 31.4 Å². The van der Waals surface area contributed by atoms with Gasteiger partial charge in [-0.25, -0.2) is 0 Å². The number of methoxy groups -OCH3 is 1. The molecule has 142 valence electrons. The fourth-order valence-electron chi connectivity index (χ4n) is 2.58. The average molecular weight is 369 g/mol. The minimum absolute atomic E-state index is 0.130. The minimum Gasteiger partial charge on any atom is -0.495 e. The highest BCUT2D eigenvalue weighted by Gasteiger charge is 2.17. The van der Waals surface area contributed by atoms with E-state index >= 15 is 0 Å². The van der Waals surface area contributed by atoms with Crippen LogP contribution in [0.15, 0.2) is 48.5 Å². The van der Waals surface area contributed by atoms with Crippen molar-refractivity contribution in [2.45, 2.75) is 20.3 Å². The Bertz CT molecular complexity index is 818. The highest BCUT2D eigenvalue weighted by molar-refractivity contribution is 5.96. The van der Waals surface area contributed by atoms with E-state index in [0.29, 0.717) is 22.8 Å². The first-order valence-electron chi connectivity index (χ1n) is 8.49. The Hall–Kier alpha value is -3.35. The standard InChI is InChI=1S/C20H23N3O4/c1-14(24)21-16-8-10-17(11-9-16)22-20(26)12-13-23(15(2)25)18-6-4-5-7-19(18)27-3/h4-11H,12-13H2,1-3H3,(H,21,24)(H,22,26). The Morgan fingerprint density at radius 1 is 0.926 bits per heavy atom. The number of hydrogen-bond donors (Lipinski definition) is 2. The van der Waals surface area contributed by atoms with Crippen LogP contribution in [0, 0.1) is 0 Å². The number of para-hydroxylation sites is 2. The van der Waals surface area contributed by atoms with Gasteiger partial charge in [-0.2, -0.15) is 0 Å². The van der Waals surface area contributed by atoms with Gasteiger partial charge in [-0.05, 0) is 36.4 Å². The summed E-state index contributed by atoms with van der Waals surface area (Å²) >= 11 is 0. The van der Waals surface area contributed by atoms with Crippen molar-refractivity contribution in [1.82, 2.24) is 0 Å². The largest absolute Gasteiger partial charge is 0.495 e. The lowest BCUT2D eigenvalue weighted by atomic mass is 10.2. The van der Waals surface area contributed by atoms with Gasteiger partial charge in [0, 0.05) is 38.2 Å². The summed E-state index contributed by atoms with van der Waals surface area (Å²) in [5.41, 5.74) is 1.89. The number of carbonyl (C=O) groups excluding carboxylic acids is 3. The van der Waals surface area contributed by atoms with Crippen LogP contribution in [0.4, 0.5) is 17.1 Å². The van der Waals surface area contributed by atoms with Gasteiger partial charge in [-0.3, -0.25) is 14.4 Å². The quantitative estimate of drug-likeness (QED) is 0.785. The molecule has 0 radical (unpaired) electrons. The SMILES string of the molecule is COc1ccccc1N(CCC(=O)Nc1ccc(NC(C)=O)cc1)C(C)=O. The summed E-state index contributed by atoms with van der Waals surface area (Å²) in [5, 5.41) is 5.44. The molecule has 2 aromatic carbocycles. The number of amides is 3. The lowest BCUT2D eigenvalue weighted by Crippen LogP contribution is -2.32. The van der Waals surface area contributed by atoms with E-state index in [1.807, 2.05) is 12.1 Å². The predicted octanol–water partition coefficient (Wildman–Crippen LogP) is 3.04. The number of rotatable bonds is 7. The van der Waals surface area contributed by atoms with Gasteiger partial charge in [0.15, 0.2) is 0 Å². The number of carbonyl (C=O) groups is 3. The van der Waals surface area contributed by atoms with Crippen LogP contribution in [0.1, 0.15) is 20.3 Å². The molecule has 7 nitrogen and oxygen atoms in total. The highest BCUT2D eigenvalue weighted by atomic mass is 16.5. The van der Waals surface area contributed by atoms with E-state index in [-0.39, 0.29) is 30.7 Å². The van der Waals surface area contributed by atoms with Crippen molar-refractivity contribution >= 4 is 34.8 Å². The molecular weight excluding hydrogens is 346 g/mol. The molecule has 0 saturated carbocycles. The minimum atomic E-state index is -0.219. The van der Waals surface area contributed by atoms with E-state index < -0.39 is 0 Å². The maximum absolute atomic E-state index is 12.2. The summed E-state index contributed by atoms with van der Waals surface area (Å²) in [6.07, 6.45) is 0.130. The molecule has 0 fully saturated rings. The average Bonchev–Trinajstić information content (AvgIpc) is 2.63. The molecule has 0 aliphatic rings. The second-order valence-electron chi connectivity index (χ2n) is 5.90. The van der Waals surface area contributed by atoms with Gasteiger partial charge in [-0.1, -0.05) is 12.1 Å². The molecule has 0 unspecified atom stereocenters. The first-order valence-corrected chi connectivity index (χ1v) is 8.49. The Morgan fingerprint density at radius 2 is 1.52 bits per heavy atom. The molecule has 0 heterocycles. The van der Waals surface area contributed by atoms with Crippen molar-refractivity contribution in [1.29, 1.82) is 0 Å². The first-order chi connectivity index (χ1) is 12.9. The zero-order valence-corrected chi connectivity index (χ0v) is 15.6. The number of benzene rings is 2. The first kappa shape index (κ1) is 20.0. The third-order valence-electron chi connectivity index (χ3n) is 3.81. The second kappa shape index (κ2) is 9.38. The number of ether oxygens (including phenoxy) is 1. The van der Waals surface area contributed by atoms with E-state index in [4.69, 9.17) is 4.74 Å². The monoisotopic (exact) mass is 369 g/mol. The fraction of sp³-hybridized carbons (Fsp3) is 0.250. The van der Waals surface area contributed by atoms with E-state index in [2.05, 4.69) is 10.6 Å². The Kier molecular flexibility index (Phi) is 6.93. The summed E-state index contributed by atoms with van der Waals surface area (Å²) in [6, 6.07) is 14.0. The van der Waals surface area contributed by atoms with Gasteiger partial charge in [0.25, 0.3) is 0 Å². The van der Waals surface area contributed by atoms with E-state index in [0.717, 1.165) is 0 Å². The smallest absolute Gasteiger partial charge is 0.226 e. The summed E-state index contributed by atoms with van der Waals surface area (Å²) in [7, 11) is 1.54. The Balaban J connectivity index is 1.98. The van der Waals surface area contributed by atoms with Crippen molar-refractivity contribution in [3.05, 3.63) is 48.5 Å². The maximum Gasteiger partial charge on any atom is 0.226 e. The zero-order valence-electron chi connectivity index (χ0n) is 15.6. The predicted molar refractivity (Wildman–Crippen MR) is 105 cm³/mol. The summed E-state index contributed by atoms with van der Waals surface area (Å²) in [5.74, 6) is 0.0181. The van der Waals surface area contributed by atoms with E-state index in [1.54, 1.807) is 36.4 Å². The number of nitrogens with zero attached hydrogens (tertiary/aromatic N) is 1. The molecule has 0 bridgehead atoms. The third kappa shape index (κ3) is 5.85. The van der Waals surface area contributed by atoms with Crippen LogP contribution in [0.5, 0.6) is 5.75 Å². The van der Waals surface area contributed by atoms with E-state index in [9.17, 15) is 14.4 Å². The summed E-state index contributed by atoms with van der Waals surface area (Å²) in [6.45, 7) is 3.11. The van der Waals surface area contributed by atoms with Crippen LogP contribution in [0.25, 0.3) is 0 Å². The molecule has 0 aromatic heterocycles. The molecule has 27 heavy (non-hydrogen) atoms. The van der Waals surface area contributed by atoms with Crippen molar-refractivity contribution < 1.29 is 19.1 Å². The molecular formula is C20H23N3O4.